The van der Waals surface area contributed by atoms with Crippen LogP contribution in [0.5, 0.6) is 0 Å². The second-order valence-electron chi connectivity index (χ2n) is 7.86. The third-order valence-electron chi connectivity index (χ3n) is 5.37. The molecule has 0 bridgehead atoms. The molecule has 1 aromatic heterocycles. The Bertz CT molecular complexity index is 791. The van der Waals surface area contributed by atoms with Gasteiger partial charge in [0.2, 0.25) is 0 Å². The minimum absolute atomic E-state index is 0.276. The van der Waals surface area contributed by atoms with Crippen molar-refractivity contribution >= 4 is 16.9 Å². The zero-order chi connectivity index (χ0) is 20.2. The largest absolute Gasteiger partial charge is 0.481 e. The van der Waals surface area contributed by atoms with Gasteiger partial charge in [0, 0.05) is 17.9 Å². The molecule has 0 aliphatic carbocycles. The predicted molar refractivity (Wildman–Crippen MR) is 114 cm³/mol. The van der Waals surface area contributed by atoms with Crippen LogP contribution in [-0.2, 0) is 11.2 Å². The van der Waals surface area contributed by atoms with Crippen molar-refractivity contribution in [3.05, 3.63) is 45.8 Å². The molecular formula is C24H34O4. The van der Waals surface area contributed by atoms with Crippen LogP contribution < -0.4 is 5.63 Å². The molecule has 4 nitrogen and oxygen atoms in total. The number of carboxylic acid groups (broad SMARTS) is 1. The Morgan fingerprint density at radius 3 is 2.04 bits per heavy atom. The van der Waals surface area contributed by atoms with E-state index in [-0.39, 0.29) is 5.63 Å². The van der Waals surface area contributed by atoms with E-state index < -0.39 is 5.97 Å². The lowest BCUT2D eigenvalue weighted by atomic mass is 10.0. The predicted octanol–water partition coefficient (Wildman–Crippen LogP) is 6.41. The van der Waals surface area contributed by atoms with Gasteiger partial charge >= 0.3 is 11.6 Å². The first-order valence-electron chi connectivity index (χ1n) is 10.8. The molecule has 0 spiro atoms. The first-order valence-corrected chi connectivity index (χ1v) is 10.8. The van der Waals surface area contributed by atoms with Crippen molar-refractivity contribution in [3.8, 4) is 0 Å². The summed E-state index contributed by atoms with van der Waals surface area (Å²) in [4.78, 5) is 21.9. The van der Waals surface area contributed by atoms with E-state index in [1.54, 1.807) is 6.07 Å². The van der Waals surface area contributed by atoms with Gasteiger partial charge in [0.1, 0.15) is 5.58 Å². The Hall–Kier alpha value is -2.10. The number of rotatable bonds is 14. The van der Waals surface area contributed by atoms with Crippen molar-refractivity contribution in [1.82, 2.24) is 0 Å². The topological polar surface area (TPSA) is 67.5 Å². The van der Waals surface area contributed by atoms with Crippen molar-refractivity contribution in [1.29, 1.82) is 0 Å². The van der Waals surface area contributed by atoms with Crippen molar-refractivity contribution in [2.45, 2.75) is 90.4 Å². The van der Waals surface area contributed by atoms with Gasteiger partial charge in [-0.05, 0) is 43.4 Å². The number of hydrogen-bond acceptors (Lipinski definition) is 3. The molecule has 2 aromatic rings. The van der Waals surface area contributed by atoms with Crippen LogP contribution >= 0.6 is 0 Å². The average Bonchev–Trinajstić information content (AvgIpc) is 2.64. The fourth-order valence-corrected chi connectivity index (χ4v) is 3.72. The molecule has 0 aliphatic rings. The van der Waals surface area contributed by atoms with Gasteiger partial charge in [-0.3, -0.25) is 4.79 Å². The molecule has 0 fully saturated rings. The molecule has 0 amide bonds. The lowest BCUT2D eigenvalue weighted by Crippen LogP contribution is -1.98. The van der Waals surface area contributed by atoms with E-state index >= 15 is 0 Å². The molecule has 0 aliphatic heterocycles. The van der Waals surface area contributed by atoms with Gasteiger partial charge < -0.3 is 9.52 Å². The number of unbranched alkanes of at least 4 members (excludes halogenated alkanes) is 10. The summed E-state index contributed by atoms with van der Waals surface area (Å²) in [5, 5.41) is 9.60. The molecule has 1 aromatic carbocycles. The van der Waals surface area contributed by atoms with Crippen molar-refractivity contribution in [2.24, 2.45) is 0 Å². The van der Waals surface area contributed by atoms with E-state index in [0.717, 1.165) is 30.2 Å². The Kier molecular flexibility index (Phi) is 9.81. The van der Waals surface area contributed by atoms with Gasteiger partial charge in [-0.25, -0.2) is 4.79 Å². The zero-order valence-electron chi connectivity index (χ0n) is 17.2. The lowest BCUT2D eigenvalue weighted by molar-refractivity contribution is -0.137. The molecule has 0 saturated carbocycles. The Labute approximate surface area is 168 Å². The average molecular weight is 387 g/mol. The van der Waals surface area contributed by atoms with E-state index in [2.05, 4.69) is 12.1 Å². The minimum atomic E-state index is -0.678. The molecule has 0 saturated heterocycles. The Morgan fingerprint density at radius 1 is 0.857 bits per heavy atom. The highest BCUT2D eigenvalue weighted by Gasteiger charge is 2.03. The maximum atomic E-state index is 11.5. The number of benzene rings is 1. The SMILES string of the molecule is Cc1cc(=O)oc2cc(CCCCCCCCCCCCCC(=O)O)ccc12. The van der Waals surface area contributed by atoms with Crippen LogP contribution in [0.4, 0.5) is 0 Å². The van der Waals surface area contributed by atoms with E-state index in [1.165, 1.54) is 63.4 Å². The molecule has 0 atom stereocenters. The zero-order valence-corrected chi connectivity index (χ0v) is 17.2. The van der Waals surface area contributed by atoms with Crippen LogP contribution in [0, 0.1) is 6.92 Å². The molecule has 0 unspecified atom stereocenters. The summed E-state index contributed by atoms with van der Waals surface area (Å²) < 4.78 is 5.33. The van der Waals surface area contributed by atoms with Crippen LogP contribution in [0.2, 0.25) is 0 Å². The van der Waals surface area contributed by atoms with E-state index in [0.29, 0.717) is 12.0 Å². The van der Waals surface area contributed by atoms with Crippen molar-refractivity contribution < 1.29 is 14.3 Å². The quantitative estimate of drug-likeness (QED) is 0.301. The second-order valence-corrected chi connectivity index (χ2v) is 7.86. The molecule has 28 heavy (non-hydrogen) atoms. The summed E-state index contributed by atoms with van der Waals surface area (Å²) in [6.07, 6.45) is 14.5. The Morgan fingerprint density at radius 2 is 1.43 bits per heavy atom. The lowest BCUT2D eigenvalue weighted by Gasteiger charge is -2.05. The summed E-state index contributed by atoms with van der Waals surface area (Å²) in [6, 6.07) is 7.76. The first kappa shape index (κ1) is 22.2. The maximum Gasteiger partial charge on any atom is 0.336 e. The molecule has 4 heteroatoms. The van der Waals surface area contributed by atoms with Gasteiger partial charge in [-0.2, -0.15) is 0 Å². The maximum absolute atomic E-state index is 11.5. The van der Waals surface area contributed by atoms with Crippen LogP contribution in [0.1, 0.15) is 88.2 Å². The molecule has 2 rings (SSSR count). The van der Waals surface area contributed by atoms with E-state index in [1.807, 2.05) is 13.0 Å². The number of carbonyl (C=O) groups is 1. The molecule has 0 radical (unpaired) electrons. The summed E-state index contributed by atoms with van der Waals surface area (Å²) in [6.45, 7) is 1.94. The minimum Gasteiger partial charge on any atom is -0.481 e. The molecule has 1 heterocycles. The highest BCUT2D eigenvalue weighted by atomic mass is 16.4. The number of aryl methyl sites for hydroxylation is 2. The normalized spacial score (nSPS) is 11.2. The van der Waals surface area contributed by atoms with Gasteiger partial charge in [-0.15, -0.1) is 0 Å². The third-order valence-corrected chi connectivity index (χ3v) is 5.37. The van der Waals surface area contributed by atoms with Crippen LogP contribution in [0.15, 0.2) is 33.5 Å². The van der Waals surface area contributed by atoms with Gasteiger partial charge in [-0.1, -0.05) is 69.9 Å². The fourth-order valence-electron chi connectivity index (χ4n) is 3.72. The van der Waals surface area contributed by atoms with Crippen molar-refractivity contribution in [3.63, 3.8) is 0 Å². The monoisotopic (exact) mass is 386 g/mol. The van der Waals surface area contributed by atoms with E-state index in [9.17, 15) is 9.59 Å². The number of carboxylic acids is 1. The molecule has 1 N–H and O–H groups in total. The number of fused-ring (bicyclic) bond motifs is 1. The van der Waals surface area contributed by atoms with Crippen LogP contribution in [-0.4, -0.2) is 11.1 Å². The standard InChI is InChI=1S/C24H34O4/c1-19-17-24(27)28-22-18-20(15-16-21(19)22)13-11-9-7-5-3-2-4-6-8-10-12-14-23(25)26/h15-18H,2-14H2,1H3,(H,25,26). The van der Waals surface area contributed by atoms with Gasteiger partial charge in [0.15, 0.2) is 0 Å². The summed E-state index contributed by atoms with van der Waals surface area (Å²) in [7, 11) is 0. The molecule has 154 valence electrons. The first-order chi connectivity index (χ1) is 13.6. The van der Waals surface area contributed by atoms with E-state index in [4.69, 9.17) is 9.52 Å². The second kappa shape index (κ2) is 12.4. The van der Waals surface area contributed by atoms with Gasteiger partial charge in [0.25, 0.3) is 0 Å². The number of aliphatic carboxylic acids is 1. The Balaban J connectivity index is 1.50. The summed E-state index contributed by atoms with van der Waals surface area (Å²) in [5.41, 5.74) is 2.63. The van der Waals surface area contributed by atoms with Crippen LogP contribution in [0.25, 0.3) is 11.0 Å². The van der Waals surface area contributed by atoms with Gasteiger partial charge in [0.05, 0.1) is 0 Å². The highest BCUT2D eigenvalue weighted by molar-refractivity contribution is 5.80. The summed E-state index contributed by atoms with van der Waals surface area (Å²) >= 11 is 0. The number of hydrogen-bond donors (Lipinski definition) is 1. The molecular weight excluding hydrogens is 352 g/mol. The summed E-state index contributed by atoms with van der Waals surface area (Å²) in [5.74, 6) is -0.678. The highest BCUT2D eigenvalue weighted by Crippen LogP contribution is 2.19. The third kappa shape index (κ3) is 8.28. The van der Waals surface area contributed by atoms with Crippen LogP contribution in [0.3, 0.4) is 0 Å². The van der Waals surface area contributed by atoms with Crippen molar-refractivity contribution in [2.75, 3.05) is 0 Å². The fraction of sp³-hybridized carbons (Fsp3) is 0.583. The smallest absolute Gasteiger partial charge is 0.336 e.